The van der Waals surface area contributed by atoms with Crippen LogP contribution in [0.15, 0.2) is 53.3 Å². The molecule has 2 aromatic heterocycles. The maximum absolute atomic E-state index is 12.0. The smallest absolute Gasteiger partial charge is 0.226 e. The van der Waals surface area contributed by atoms with Crippen LogP contribution in [0.2, 0.25) is 5.02 Å². The largest absolute Gasteiger partial charge is 0.302 e. The quantitative estimate of drug-likeness (QED) is 0.511. The first kappa shape index (κ1) is 16.9. The molecule has 0 radical (unpaired) electrons. The molecule has 0 bridgehead atoms. The van der Waals surface area contributed by atoms with Crippen LogP contribution in [-0.4, -0.2) is 26.6 Å². The third-order valence-corrected chi connectivity index (χ3v) is 4.88. The number of carbonyl (C=O) groups excluding carboxylic acids is 1. The summed E-state index contributed by atoms with van der Waals surface area (Å²) in [6.07, 6.45) is 3.74. The molecule has 0 saturated heterocycles. The molecule has 0 aliphatic heterocycles. The van der Waals surface area contributed by atoms with Crippen LogP contribution in [-0.2, 0) is 4.79 Å². The molecule has 0 fully saturated rings. The molecule has 0 aliphatic rings. The Hall–Kier alpha value is -1.96. The number of benzene rings is 1. The third kappa shape index (κ3) is 4.77. The Labute approximate surface area is 152 Å². The summed E-state index contributed by atoms with van der Waals surface area (Å²) in [7, 11) is 0. The van der Waals surface area contributed by atoms with E-state index in [0.29, 0.717) is 27.5 Å². The number of halogens is 1. The van der Waals surface area contributed by atoms with Crippen molar-refractivity contribution in [3.63, 3.8) is 0 Å². The predicted molar refractivity (Wildman–Crippen MR) is 98.6 cm³/mol. The van der Waals surface area contributed by atoms with Crippen molar-refractivity contribution in [1.82, 2.24) is 15.0 Å². The zero-order chi connectivity index (χ0) is 16.8. The highest BCUT2D eigenvalue weighted by Gasteiger charge is 2.08. The van der Waals surface area contributed by atoms with E-state index in [1.54, 1.807) is 18.5 Å². The molecule has 0 spiro atoms. The fourth-order valence-electron chi connectivity index (χ4n) is 1.86. The minimum Gasteiger partial charge on any atom is -0.302 e. The summed E-state index contributed by atoms with van der Waals surface area (Å²) in [5.74, 6) is 0.543. The number of amides is 1. The minimum absolute atomic E-state index is 0.0737. The number of thiazole rings is 1. The third-order valence-electron chi connectivity index (χ3n) is 2.99. The van der Waals surface area contributed by atoms with Gasteiger partial charge in [0.1, 0.15) is 0 Å². The molecule has 122 valence electrons. The van der Waals surface area contributed by atoms with E-state index in [2.05, 4.69) is 20.3 Å². The number of nitrogens with zero attached hydrogens (tertiary/aromatic N) is 3. The lowest BCUT2D eigenvalue weighted by Gasteiger charge is -2.01. The maximum atomic E-state index is 12.0. The maximum Gasteiger partial charge on any atom is 0.226 e. The molecule has 8 heteroatoms. The van der Waals surface area contributed by atoms with Crippen LogP contribution in [0.5, 0.6) is 0 Å². The molecule has 1 amide bonds. The van der Waals surface area contributed by atoms with Gasteiger partial charge in [-0.05, 0) is 18.2 Å². The van der Waals surface area contributed by atoms with E-state index in [4.69, 9.17) is 11.6 Å². The van der Waals surface area contributed by atoms with Crippen molar-refractivity contribution in [2.75, 3.05) is 11.1 Å². The number of carbonyl (C=O) groups is 1. The van der Waals surface area contributed by atoms with Gasteiger partial charge in [0, 0.05) is 40.5 Å². The second-order valence-electron chi connectivity index (χ2n) is 4.72. The van der Waals surface area contributed by atoms with Gasteiger partial charge in [-0.1, -0.05) is 35.5 Å². The molecular weight excluding hydrogens is 364 g/mol. The zero-order valence-corrected chi connectivity index (χ0v) is 14.9. The van der Waals surface area contributed by atoms with Gasteiger partial charge in [0.05, 0.1) is 5.69 Å². The number of thioether (sulfide) groups is 1. The number of rotatable bonds is 6. The normalized spacial score (nSPS) is 10.5. The van der Waals surface area contributed by atoms with Crippen molar-refractivity contribution >= 4 is 45.7 Å². The average molecular weight is 377 g/mol. The van der Waals surface area contributed by atoms with Gasteiger partial charge in [0.2, 0.25) is 5.91 Å². The van der Waals surface area contributed by atoms with E-state index in [0.717, 1.165) is 11.3 Å². The van der Waals surface area contributed by atoms with E-state index in [9.17, 15) is 4.79 Å². The summed E-state index contributed by atoms with van der Waals surface area (Å²) >= 11 is 8.73. The first-order valence-corrected chi connectivity index (χ1v) is 9.36. The lowest BCUT2D eigenvalue weighted by Crippen LogP contribution is -2.12. The average Bonchev–Trinajstić information content (AvgIpc) is 3.05. The lowest BCUT2D eigenvalue weighted by molar-refractivity contribution is -0.115. The summed E-state index contributed by atoms with van der Waals surface area (Å²) in [4.78, 5) is 24.6. The number of hydrogen-bond donors (Lipinski definition) is 1. The topological polar surface area (TPSA) is 67.8 Å². The van der Waals surface area contributed by atoms with E-state index in [-0.39, 0.29) is 5.91 Å². The van der Waals surface area contributed by atoms with E-state index in [1.165, 1.54) is 23.1 Å². The second kappa shape index (κ2) is 8.23. The summed E-state index contributed by atoms with van der Waals surface area (Å²) in [6.45, 7) is 0. The van der Waals surface area contributed by atoms with Crippen molar-refractivity contribution in [3.8, 4) is 11.3 Å². The summed E-state index contributed by atoms with van der Waals surface area (Å²) in [5.41, 5.74) is 1.78. The van der Waals surface area contributed by atoms with Crippen molar-refractivity contribution in [1.29, 1.82) is 0 Å². The molecule has 2 heterocycles. The number of hydrogen-bond acceptors (Lipinski definition) is 6. The van der Waals surface area contributed by atoms with Crippen LogP contribution < -0.4 is 5.32 Å². The zero-order valence-electron chi connectivity index (χ0n) is 12.5. The van der Waals surface area contributed by atoms with Crippen molar-refractivity contribution in [3.05, 3.63) is 53.1 Å². The monoisotopic (exact) mass is 376 g/mol. The summed E-state index contributed by atoms with van der Waals surface area (Å²) in [6, 6.07) is 9.20. The minimum atomic E-state index is -0.0737. The van der Waals surface area contributed by atoms with Crippen molar-refractivity contribution in [2.24, 2.45) is 0 Å². The Bertz CT molecular complexity index is 808. The number of anilines is 1. The molecule has 1 N–H and O–H groups in total. The molecule has 5 nitrogen and oxygen atoms in total. The summed E-state index contributed by atoms with van der Waals surface area (Å²) < 4.78 is 0. The Balaban J connectivity index is 1.51. The second-order valence-corrected chi connectivity index (χ2v) is 7.08. The molecule has 0 unspecified atom stereocenters. The Morgan fingerprint density at radius 2 is 1.96 bits per heavy atom. The standard InChI is InChI=1S/C16H13ClN4OS2/c17-12-4-2-11(3-5-12)13-10-24-16(20-13)21-14(22)6-9-23-15-18-7-1-8-19-15/h1-5,7-8,10H,6,9H2,(H,20,21,22). The van der Waals surface area contributed by atoms with Crippen molar-refractivity contribution < 1.29 is 4.79 Å². The van der Waals surface area contributed by atoms with Gasteiger partial charge in [-0.25, -0.2) is 15.0 Å². The molecular formula is C16H13ClN4OS2. The van der Waals surface area contributed by atoms with E-state index in [1.807, 2.05) is 29.6 Å². The highest BCUT2D eigenvalue weighted by atomic mass is 35.5. The number of nitrogens with one attached hydrogen (secondary N) is 1. The molecule has 3 aromatic rings. The van der Waals surface area contributed by atoms with Gasteiger partial charge in [0.15, 0.2) is 10.3 Å². The fraction of sp³-hybridized carbons (Fsp3) is 0.125. The Morgan fingerprint density at radius 3 is 2.71 bits per heavy atom. The highest BCUT2D eigenvalue weighted by molar-refractivity contribution is 7.99. The van der Waals surface area contributed by atoms with Gasteiger partial charge >= 0.3 is 0 Å². The van der Waals surface area contributed by atoms with Gasteiger partial charge in [-0.15, -0.1) is 11.3 Å². The van der Waals surface area contributed by atoms with Crippen LogP contribution in [0.1, 0.15) is 6.42 Å². The van der Waals surface area contributed by atoms with Gasteiger partial charge in [0.25, 0.3) is 0 Å². The van der Waals surface area contributed by atoms with Crippen LogP contribution >= 0.6 is 34.7 Å². The van der Waals surface area contributed by atoms with Crippen LogP contribution in [0.3, 0.4) is 0 Å². The number of aromatic nitrogens is 3. The van der Waals surface area contributed by atoms with Crippen LogP contribution in [0.25, 0.3) is 11.3 Å². The van der Waals surface area contributed by atoms with Gasteiger partial charge < -0.3 is 5.32 Å². The molecule has 0 atom stereocenters. The first-order valence-electron chi connectivity index (χ1n) is 7.12. The highest BCUT2D eigenvalue weighted by Crippen LogP contribution is 2.26. The van der Waals surface area contributed by atoms with E-state index < -0.39 is 0 Å². The predicted octanol–water partition coefficient (Wildman–Crippen LogP) is 4.37. The van der Waals surface area contributed by atoms with Gasteiger partial charge in [-0.2, -0.15) is 0 Å². The Kier molecular flexibility index (Phi) is 5.79. The lowest BCUT2D eigenvalue weighted by atomic mass is 10.2. The Morgan fingerprint density at radius 1 is 1.21 bits per heavy atom. The molecule has 0 saturated carbocycles. The summed E-state index contributed by atoms with van der Waals surface area (Å²) in [5, 5.41) is 6.67. The van der Waals surface area contributed by atoms with E-state index >= 15 is 0 Å². The van der Waals surface area contributed by atoms with Crippen LogP contribution in [0, 0.1) is 0 Å². The molecule has 0 aliphatic carbocycles. The molecule has 3 rings (SSSR count). The van der Waals surface area contributed by atoms with Gasteiger partial charge in [-0.3, -0.25) is 4.79 Å². The van der Waals surface area contributed by atoms with Crippen LogP contribution in [0.4, 0.5) is 5.13 Å². The van der Waals surface area contributed by atoms with Crippen molar-refractivity contribution in [2.45, 2.75) is 11.6 Å². The molecule has 24 heavy (non-hydrogen) atoms. The molecule has 1 aromatic carbocycles. The SMILES string of the molecule is O=C(CCSc1ncccn1)Nc1nc(-c2ccc(Cl)cc2)cs1. The first-order chi connectivity index (χ1) is 11.7. The fourth-order valence-corrected chi connectivity index (χ4v) is 3.46.